The van der Waals surface area contributed by atoms with Gasteiger partial charge in [0.2, 0.25) is 11.0 Å². The molecule has 0 fully saturated rings. The summed E-state index contributed by atoms with van der Waals surface area (Å²) in [5.74, 6) is 0.108. The van der Waals surface area contributed by atoms with Crippen molar-refractivity contribution in [3.63, 3.8) is 0 Å². The lowest BCUT2D eigenvalue weighted by Crippen LogP contribution is -2.45. The first kappa shape index (κ1) is 26.6. The number of aromatic nitrogens is 2. The molecule has 0 spiro atoms. The van der Waals surface area contributed by atoms with E-state index in [4.69, 9.17) is 9.47 Å². The highest BCUT2D eigenvalue weighted by Gasteiger charge is 2.24. The molecule has 0 aliphatic heterocycles. The van der Waals surface area contributed by atoms with E-state index in [1.54, 1.807) is 18.2 Å². The Bertz CT molecular complexity index is 1370. The van der Waals surface area contributed by atoms with Crippen LogP contribution in [0.2, 0.25) is 0 Å². The van der Waals surface area contributed by atoms with Crippen molar-refractivity contribution in [1.29, 1.82) is 0 Å². The number of hydrogen-bond donors (Lipinski definition) is 2. The SMILES string of the molecule is COc1cc(OC)cc(C(=O)NC(Cc2ccccc2)C(=O)Nc2nnc(-c3ccc(N(C)C)cc3)s2)c1. The van der Waals surface area contributed by atoms with Gasteiger partial charge in [0.15, 0.2) is 0 Å². The number of nitrogens with one attached hydrogen (secondary N) is 2. The first-order valence-corrected chi connectivity index (χ1v) is 12.7. The van der Waals surface area contributed by atoms with Crippen molar-refractivity contribution in [2.45, 2.75) is 12.5 Å². The number of carbonyl (C=O) groups is 2. The van der Waals surface area contributed by atoms with E-state index in [0.29, 0.717) is 27.2 Å². The van der Waals surface area contributed by atoms with Crippen molar-refractivity contribution >= 4 is 34.0 Å². The summed E-state index contributed by atoms with van der Waals surface area (Å²) in [5.41, 5.74) is 3.18. The van der Waals surface area contributed by atoms with Crippen LogP contribution in [-0.2, 0) is 11.2 Å². The lowest BCUT2D eigenvalue weighted by Gasteiger charge is -2.18. The van der Waals surface area contributed by atoms with Gasteiger partial charge >= 0.3 is 0 Å². The smallest absolute Gasteiger partial charge is 0.252 e. The number of nitrogens with zero attached hydrogens (tertiary/aromatic N) is 3. The molecule has 4 aromatic rings. The van der Waals surface area contributed by atoms with Crippen molar-refractivity contribution in [2.75, 3.05) is 38.5 Å². The molecular formula is C28H29N5O4S. The van der Waals surface area contributed by atoms with Gasteiger partial charge in [0.1, 0.15) is 22.5 Å². The van der Waals surface area contributed by atoms with Crippen LogP contribution in [0.25, 0.3) is 10.6 Å². The third kappa shape index (κ3) is 6.65. The van der Waals surface area contributed by atoms with Gasteiger partial charge in [-0.15, -0.1) is 10.2 Å². The number of hydrogen-bond acceptors (Lipinski definition) is 8. The van der Waals surface area contributed by atoms with Gasteiger partial charge in [-0.1, -0.05) is 41.7 Å². The van der Waals surface area contributed by atoms with Gasteiger partial charge in [-0.05, 0) is 42.0 Å². The molecule has 2 amide bonds. The molecule has 2 N–H and O–H groups in total. The third-order valence-electron chi connectivity index (χ3n) is 5.80. The average Bonchev–Trinajstić information content (AvgIpc) is 3.41. The van der Waals surface area contributed by atoms with Gasteiger partial charge in [0, 0.05) is 43.4 Å². The number of carbonyl (C=O) groups excluding carboxylic acids is 2. The Balaban J connectivity index is 1.53. The molecule has 0 radical (unpaired) electrons. The summed E-state index contributed by atoms with van der Waals surface area (Å²) in [5, 5.41) is 15.1. The fourth-order valence-corrected chi connectivity index (χ4v) is 4.48. The summed E-state index contributed by atoms with van der Waals surface area (Å²) in [6.45, 7) is 0. The Morgan fingerprint density at radius 3 is 2.18 bits per heavy atom. The molecule has 196 valence electrons. The van der Waals surface area contributed by atoms with Crippen LogP contribution in [0.5, 0.6) is 11.5 Å². The van der Waals surface area contributed by atoms with Crippen molar-refractivity contribution < 1.29 is 19.1 Å². The molecule has 3 aromatic carbocycles. The Labute approximate surface area is 225 Å². The Kier molecular flexibility index (Phi) is 8.55. The third-order valence-corrected chi connectivity index (χ3v) is 6.69. The maximum absolute atomic E-state index is 13.4. The van der Waals surface area contributed by atoms with E-state index >= 15 is 0 Å². The molecule has 0 aliphatic rings. The number of benzene rings is 3. The Hall–Kier alpha value is -4.44. The van der Waals surface area contributed by atoms with E-state index < -0.39 is 17.9 Å². The summed E-state index contributed by atoms with van der Waals surface area (Å²) in [6.07, 6.45) is 0.289. The lowest BCUT2D eigenvalue weighted by molar-refractivity contribution is -0.118. The van der Waals surface area contributed by atoms with Crippen LogP contribution in [0, 0.1) is 0 Å². The summed E-state index contributed by atoms with van der Waals surface area (Å²) in [7, 11) is 6.97. The second-order valence-corrected chi connectivity index (χ2v) is 9.64. The first-order chi connectivity index (χ1) is 18.4. The van der Waals surface area contributed by atoms with E-state index in [1.165, 1.54) is 25.6 Å². The second-order valence-electron chi connectivity index (χ2n) is 8.66. The van der Waals surface area contributed by atoms with Crippen LogP contribution >= 0.6 is 11.3 Å². The van der Waals surface area contributed by atoms with Crippen molar-refractivity contribution in [3.05, 3.63) is 83.9 Å². The van der Waals surface area contributed by atoms with Gasteiger partial charge in [0.05, 0.1) is 14.2 Å². The molecule has 38 heavy (non-hydrogen) atoms. The molecule has 0 saturated carbocycles. The van der Waals surface area contributed by atoms with E-state index in [2.05, 4.69) is 20.8 Å². The van der Waals surface area contributed by atoms with E-state index in [0.717, 1.165) is 16.8 Å². The molecule has 9 nitrogen and oxygen atoms in total. The second kappa shape index (κ2) is 12.2. The normalized spacial score (nSPS) is 11.4. The molecule has 0 bridgehead atoms. The first-order valence-electron chi connectivity index (χ1n) is 11.9. The molecular weight excluding hydrogens is 502 g/mol. The van der Waals surface area contributed by atoms with Crippen LogP contribution in [0.15, 0.2) is 72.8 Å². The lowest BCUT2D eigenvalue weighted by atomic mass is 10.0. The van der Waals surface area contributed by atoms with Crippen LogP contribution in [-0.4, -0.2) is 56.4 Å². The zero-order valence-corrected chi connectivity index (χ0v) is 22.4. The van der Waals surface area contributed by atoms with Gasteiger partial charge in [-0.3, -0.25) is 14.9 Å². The number of amides is 2. The maximum Gasteiger partial charge on any atom is 0.252 e. The number of ether oxygens (including phenoxy) is 2. The van der Waals surface area contributed by atoms with Crippen molar-refractivity contribution in [1.82, 2.24) is 15.5 Å². The minimum atomic E-state index is -0.867. The predicted molar refractivity (Wildman–Crippen MR) is 149 cm³/mol. The Morgan fingerprint density at radius 1 is 0.921 bits per heavy atom. The van der Waals surface area contributed by atoms with Crippen LogP contribution in [0.1, 0.15) is 15.9 Å². The number of anilines is 2. The number of rotatable bonds is 10. The molecule has 1 atom stereocenters. The predicted octanol–water partition coefficient (Wildman–Crippen LogP) is 4.27. The topological polar surface area (TPSA) is 106 Å². The molecule has 1 heterocycles. The molecule has 0 aliphatic carbocycles. The van der Waals surface area contributed by atoms with E-state index in [-0.39, 0.29) is 6.42 Å². The van der Waals surface area contributed by atoms with Crippen molar-refractivity contribution in [2.24, 2.45) is 0 Å². The van der Waals surface area contributed by atoms with Crippen LogP contribution in [0.4, 0.5) is 10.8 Å². The minimum Gasteiger partial charge on any atom is -0.497 e. The quantitative estimate of drug-likeness (QED) is 0.315. The zero-order chi connectivity index (χ0) is 27.1. The fraction of sp³-hybridized carbons (Fsp3) is 0.214. The van der Waals surface area contributed by atoms with Gasteiger partial charge in [-0.2, -0.15) is 0 Å². The summed E-state index contributed by atoms with van der Waals surface area (Å²) in [6, 6.07) is 21.4. The standard InChI is InChI=1S/C28H29N5O4S/c1-33(2)21-12-10-19(11-13-21)27-31-32-28(38-27)30-26(35)24(14-18-8-6-5-7-9-18)29-25(34)20-15-22(36-3)17-23(16-20)37-4/h5-13,15-17,24H,14H2,1-4H3,(H,29,34)(H,30,32,35). The zero-order valence-electron chi connectivity index (χ0n) is 21.6. The monoisotopic (exact) mass is 531 g/mol. The summed E-state index contributed by atoms with van der Waals surface area (Å²) >= 11 is 1.26. The Morgan fingerprint density at radius 2 is 1.58 bits per heavy atom. The van der Waals surface area contributed by atoms with Crippen LogP contribution in [0.3, 0.4) is 0 Å². The highest BCUT2D eigenvalue weighted by molar-refractivity contribution is 7.18. The van der Waals surface area contributed by atoms with Crippen molar-refractivity contribution in [3.8, 4) is 22.1 Å². The number of methoxy groups -OCH3 is 2. The molecule has 1 unspecified atom stereocenters. The molecule has 4 rings (SSSR count). The van der Waals surface area contributed by atoms with Gasteiger partial charge in [0.25, 0.3) is 5.91 Å². The molecule has 10 heteroatoms. The van der Waals surface area contributed by atoms with Crippen LogP contribution < -0.4 is 25.0 Å². The van der Waals surface area contributed by atoms with Gasteiger partial charge in [-0.25, -0.2) is 0 Å². The van der Waals surface area contributed by atoms with Gasteiger partial charge < -0.3 is 19.7 Å². The van der Waals surface area contributed by atoms with E-state index in [1.807, 2.05) is 73.6 Å². The minimum absolute atomic E-state index is 0.289. The van der Waals surface area contributed by atoms with E-state index in [9.17, 15) is 9.59 Å². The fourth-order valence-electron chi connectivity index (χ4n) is 3.72. The molecule has 0 saturated heterocycles. The maximum atomic E-state index is 13.4. The largest absolute Gasteiger partial charge is 0.497 e. The molecule has 1 aromatic heterocycles. The highest BCUT2D eigenvalue weighted by atomic mass is 32.1. The summed E-state index contributed by atoms with van der Waals surface area (Å²) in [4.78, 5) is 28.5. The summed E-state index contributed by atoms with van der Waals surface area (Å²) < 4.78 is 10.6. The average molecular weight is 532 g/mol. The highest BCUT2D eigenvalue weighted by Crippen LogP contribution is 2.28.